The SMILES string of the molecule is O=C(C1CCC1)N1CCC(Cc2nncn2-c2ccccc2)CC1. The number of carbonyl (C=O) groups excluding carboxylic acids is 1. The summed E-state index contributed by atoms with van der Waals surface area (Å²) in [6.45, 7) is 1.80. The van der Waals surface area contributed by atoms with Crippen LogP contribution in [0.15, 0.2) is 36.7 Å². The third-order valence-corrected chi connectivity index (χ3v) is 5.50. The number of para-hydroxylation sites is 1. The number of amides is 1. The largest absolute Gasteiger partial charge is 0.342 e. The number of hydrogen-bond acceptors (Lipinski definition) is 3. The van der Waals surface area contributed by atoms with Crippen LogP contribution in [0.1, 0.15) is 37.9 Å². The lowest BCUT2D eigenvalue weighted by molar-refractivity contribution is -0.139. The quantitative estimate of drug-likeness (QED) is 0.869. The van der Waals surface area contributed by atoms with E-state index in [0.29, 0.717) is 17.7 Å². The second-order valence-corrected chi connectivity index (χ2v) is 7.05. The minimum absolute atomic E-state index is 0.322. The Morgan fingerprint density at radius 1 is 1.08 bits per heavy atom. The van der Waals surface area contributed by atoms with Gasteiger partial charge < -0.3 is 4.90 Å². The number of hydrogen-bond donors (Lipinski definition) is 0. The van der Waals surface area contributed by atoms with E-state index >= 15 is 0 Å². The van der Waals surface area contributed by atoms with Gasteiger partial charge in [0.15, 0.2) is 0 Å². The Kier molecular flexibility index (Phi) is 4.32. The zero-order valence-electron chi connectivity index (χ0n) is 14.0. The molecule has 2 heterocycles. The van der Waals surface area contributed by atoms with Crippen LogP contribution in [-0.2, 0) is 11.2 Å². The van der Waals surface area contributed by atoms with Gasteiger partial charge in [-0.05, 0) is 43.7 Å². The summed E-state index contributed by atoms with van der Waals surface area (Å²) >= 11 is 0. The smallest absolute Gasteiger partial charge is 0.225 e. The lowest BCUT2D eigenvalue weighted by Gasteiger charge is -2.36. The minimum atomic E-state index is 0.322. The molecular formula is C19H24N4O. The van der Waals surface area contributed by atoms with Crippen molar-refractivity contribution in [3.63, 3.8) is 0 Å². The van der Waals surface area contributed by atoms with E-state index in [1.165, 1.54) is 6.42 Å². The summed E-state index contributed by atoms with van der Waals surface area (Å²) < 4.78 is 2.08. The monoisotopic (exact) mass is 324 g/mol. The first-order valence-electron chi connectivity index (χ1n) is 9.04. The molecule has 0 radical (unpaired) electrons. The average molecular weight is 324 g/mol. The van der Waals surface area contributed by atoms with Gasteiger partial charge in [-0.2, -0.15) is 0 Å². The van der Waals surface area contributed by atoms with E-state index in [1.54, 1.807) is 6.33 Å². The van der Waals surface area contributed by atoms with E-state index < -0.39 is 0 Å². The van der Waals surface area contributed by atoms with Crippen molar-refractivity contribution in [1.82, 2.24) is 19.7 Å². The molecule has 0 spiro atoms. The molecule has 4 rings (SSSR count). The maximum atomic E-state index is 12.3. The Labute approximate surface area is 142 Å². The maximum Gasteiger partial charge on any atom is 0.225 e. The highest BCUT2D eigenvalue weighted by Gasteiger charge is 2.31. The van der Waals surface area contributed by atoms with Crippen molar-refractivity contribution in [3.05, 3.63) is 42.5 Å². The molecule has 24 heavy (non-hydrogen) atoms. The van der Waals surface area contributed by atoms with Gasteiger partial charge in [-0.3, -0.25) is 9.36 Å². The molecule has 1 amide bonds. The molecule has 0 atom stereocenters. The van der Waals surface area contributed by atoms with Gasteiger partial charge in [0.1, 0.15) is 12.2 Å². The molecule has 0 unspecified atom stereocenters. The van der Waals surface area contributed by atoms with Crippen LogP contribution in [0.2, 0.25) is 0 Å². The molecule has 0 N–H and O–H groups in total. The third kappa shape index (κ3) is 3.07. The lowest BCUT2D eigenvalue weighted by atomic mass is 9.83. The number of nitrogens with zero attached hydrogens (tertiary/aromatic N) is 4. The molecule has 0 bridgehead atoms. The van der Waals surface area contributed by atoms with E-state index in [4.69, 9.17) is 0 Å². The van der Waals surface area contributed by atoms with Gasteiger partial charge in [-0.15, -0.1) is 10.2 Å². The number of benzene rings is 1. The van der Waals surface area contributed by atoms with Gasteiger partial charge in [0.25, 0.3) is 0 Å². The van der Waals surface area contributed by atoms with Crippen molar-refractivity contribution < 1.29 is 4.79 Å². The van der Waals surface area contributed by atoms with E-state index in [9.17, 15) is 4.79 Å². The first-order valence-corrected chi connectivity index (χ1v) is 9.04. The van der Waals surface area contributed by atoms with Gasteiger partial charge in [0, 0.05) is 31.1 Å². The lowest BCUT2D eigenvalue weighted by Crippen LogP contribution is -2.43. The van der Waals surface area contributed by atoms with Crippen molar-refractivity contribution in [3.8, 4) is 5.69 Å². The predicted octanol–water partition coefficient (Wildman–Crippen LogP) is 2.85. The standard InChI is InChI=1S/C19H24N4O/c24-19(16-5-4-6-16)22-11-9-15(10-12-22)13-18-21-20-14-23(18)17-7-2-1-3-8-17/h1-3,7-8,14-16H,4-6,9-13H2. The Hall–Kier alpha value is -2.17. The molecule has 2 fully saturated rings. The topological polar surface area (TPSA) is 51.0 Å². The molecule has 1 aromatic heterocycles. The van der Waals surface area contributed by atoms with Gasteiger partial charge in [0.05, 0.1) is 0 Å². The van der Waals surface area contributed by atoms with Crippen LogP contribution in [0.4, 0.5) is 0 Å². The van der Waals surface area contributed by atoms with Crippen LogP contribution in [0.5, 0.6) is 0 Å². The molecule has 5 nitrogen and oxygen atoms in total. The first kappa shape index (κ1) is 15.4. The second kappa shape index (κ2) is 6.75. The third-order valence-electron chi connectivity index (χ3n) is 5.50. The fourth-order valence-corrected chi connectivity index (χ4v) is 3.73. The summed E-state index contributed by atoms with van der Waals surface area (Å²) in [5.74, 6) is 2.32. The number of aromatic nitrogens is 3. The zero-order valence-corrected chi connectivity index (χ0v) is 14.0. The fraction of sp³-hybridized carbons (Fsp3) is 0.526. The van der Waals surface area contributed by atoms with Crippen LogP contribution in [-0.4, -0.2) is 38.7 Å². The number of likely N-dealkylation sites (tertiary alicyclic amines) is 1. The van der Waals surface area contributed by atoms with Crippen molar-refractivity contribution >= 4 is 5.91 Å². The summed E-state index contributed by atoms with van der Waals surface area (Å²) in [4.78, 5) is 14.4. The molecule has 1 aliphatic heterocycles. The maximum absolute atomic E-state index is 12.3. The first-order chi connectivity index (χ1) is 11.8. The van der Waals surface area contributed by atoms with E-state index in [1.807, 2.05) is 18.2 Å². The molecule has 1 aromatic carbocycles. The van der Waals surface area contributed by atoms with Crippen LogP contribution in [0, 0.1) is 11.8 Å². The van der Waals surface area contributed by atoms with E-state index in [-0.39, 0.29) is 0 Å². The minimum Gasteiger partial charge on any atom is -0.342 e. The highest BCUT2D eigenvalue weighted by atomic mass is 16.2. The molecule has 126 valence electrons. The molecule has 1 aliphatic carbocycles. The number of carbonyl (C=O) groups is 1. The second-order valence-electron chi connectivity index (χ2n) is 7.05. The fourth-order valence-electron chi connectivity index (χ4n) is 3.73. The molecule has 5 heteroatoms. The van der Waals surface area contributed by atoms with Crippen molar-refractivity contribution in [1.29, 1.82) is 0 Å². The van der Waals surface area contributed by atoms with Gasteiger partial charge in [0.2, 0.25) is 5.91 Å². The van der Waals surface area contributed by atoms with E-state index in [2.05, 4.69) is 31.8 Å². The van der Waals surface area contributed by atoms with Crippen molar-refractivity contribution in [2.45, 2.75) is 38.5 Å². The summed E-state index contributed by atoms with van der Waals surface area (Å²) in [6, 6.07) is 10.2. The normalized spacial score (nSPS) is 19.2. The van der Waals surface area contributed by atoms with Crippen LogP contribution in [0.3, 0.4) is 0 Å². The average Bonchev–Trinajstić information content (AvgIpc) is 3.03. The summed E-state index contributed by atoms with van der Waals surface area (Å²) in [5, 5.41) is 8.42. The highest BCUT2D eigenvalue weighted by molar-refractivity contribution is 5.79. The Morgan fingerprint density at radius 3 is 2.50 bits per heavy atom. The molecule has 1 saturated heterocycles. The summed E-state index contributed by atoms with van der Waals surface area (Å²) in [5.41, 5.74) is 1.11. The zero-order chi connectivity index (χ0) is 16.4. The van der Waals surface area contributed by atoms with Gasteiger partial charge >= 0.3 is 0 Å². The molecule has 2 aromatic rings. The molecule has 2 aliphatic rings. The summed E-state index contributed by atoms with van der Waals surface area (Å²) in [6.07, 6.45) is 8.28. The summed E-state index contributed by atoms with van der Waals surface area (Å²) in [7, 11) is 0. The van der Waals surface area contributed by atoms with Gasteiger partial charge in [-0.25, -0.2) is 0 Å². The highest BCUT2D eigenvalue weighted by Crippen LogP contribution is 2.30. The van der Waals surface area contributed by atoms with Gasteiger partial charge in [-0.1, -0.05) is 24.6 Å². The Morgan fingerprint density at radius 2 is 1.83 bits per heavy atom. The van der Waals surface area contributed by atoms with Crippen molar-refractivity contribution in [2.24, 2.45) is 11.8 Å². The molecule has 1 saturated carbocycles. The van der Waals surface area contributed by atoms with Crippen LogP contribution >= 0.6 is 0 Å². The molecular weight excluding hydrogens is 300 g/mol. The van der Waals surface area contributed by atoms with Crippen LogP contribution in [0.25, 0.3) is 5.69 Å². The van der Waals surface area contributed by atoms with Crippen LogP contribution < -0.4 is 0 Å². The Balaban J connectivity index is 1.36. The number of piperidine rings is 1. The van der Waals surface area contributed by atoms with E-state index in [0.717, 1.165) is 56.7 Å². The predicted molar refractivity (Wildman–Crippen MR) is 91.7 cm³/mol. The number of rotatable bonds is 4. The Bertz CT molecular complexity index is 684. The van der Waals surface area contributed by atoms with Crippen molar-refractivity contribution in [2.75, 3.05) is 13.1 Å².